The van der Waals surface area contributed by atoms with Crippen LogP contribution < -0.4 is 10.6 Å². The quantitative estimate of drug-likeness (QED) is 0.804. The Labute approximate surface area is 116 Å². The van der Waals surface area contributed by atoms with Gasteiger partial charge in [0.2, 0.25) is 5.91 Å². The van der Waals surface area contributed by atoms with Crippen LogP contribution in [0.4, 0.5) is 0 Å². The average Bonchev–Trinajstić information content (AvgIpc) is 3.04. The number of carbonyl (C=O) groups excluding carboxylic acids is 1. The van der Waals surface area contributed by atoms with E-state index in [2.05, 4.69) is 22.5 Å². The van der Waals surface area contributed by atoms with Crippen LogP contribution in [0.15, 0.2) is 0 Å². The van der Waals surface area contributed by atoms with Gasteiger partial charge in [-0.05, 0) is 51.6 Å². The van der Waals surface area contributed by atoms with Gasteiger partial charge in [-0.2, -0.15) is 0 Å². The van der Waals surface area contributed by atoms with Crippen LogP contribution in [-0.4, -0.2) is 49.1 Å². The van der Waals surface area contributed by atoms with Gasteiger partial charge >= 0.3 is 0 Å². The lowest BCUT2D eigenvalue weighted by Gasteiger charge is -2.37. The molecule has 19 heavy (non-hydrogen) atoms. The lowest BCUT2D eigenvalue weighted by molar-refractivity contribution is -0.133. The maximum atomic E-state index is 12.7. The first-order valence-corrected chi connectivity index (χ1v) is 8.01. The van der Waals surface area contributed by atoms with Gasteiger partial charge in [0.25, 0.3) is 0 Å². The van der Waals surface area contributed by atoms with E-state index >= 15 is 0 Å². The summed E-state index contributed by atoms with van der Waals surface area (Å²) in [5, 5.41) is 6.80. The van der Waals surface area contributed by atoms with Crippen molar-refractivity contribution in [3.05, 3.63) is 0 Å². The Kier molecular flexibility index (Phi) is 3.81. The maximum absolute atomic E-state index is 12.7. The van der Waals surface area contributed by atoms with Crippen molar-refractivity contribution in [2.45, 2.75) is 57.5 Å². The predicted molar refractivity (Wildman–Crippen MR) is 76.0 cm³/mol. The molecule has 0 bridgehead atoms. The van der Waals surface area contributed by atoms with Crippen LogP contribution in [0.2, 0.25) is 0 Å². The molecule has 0 aliphatic carbocycles. The summed E-state index contributed by atoms with van der Waals surface area (Å²) in [4.78, 5) is 15.3. The summed E-state index contributed by atoms with van der Waals surface area (Å²) in [5.41, 5.74) is -0.149. The molecule has 3 heterocycles. The monoisotopic (exact) mass is 265 g/mol. The molecule has 0 saturated carbocycles. The Balaban J connectivity index is 1.63. The minimum absolute atomic E-state index is 0.149. The zero-order chi connectivity index (χ0) is 13.3. The van der Waals surface area contributed by atoms with E-state index in [0.29, 0.717) is 18.0 Å². The molecule has 1 amide bonds. The molecule has 108 valence electrons. The van der Waals surface area contributed by atoms with Crippen molar-refractivity contribution in [3.8, 4) is 0 Å². The molecular formula is C15H27N3O. The lowest BCUT2D eigenvalue weighted by Crippen LogP contribution is -2.54. The molecule has 0 aromatic carbocycles. The molecule has 4 heteroatoms. The van der Waals surface area contributed by atoms with Crippen molar-refractivity contribution >= 4 is 5.91 Å². The minimum atomic E-state index is -0.149. The standard InChI is InChI=1S/C15H27N3O/c1-2-15(7-4-8-16-11-15)14(19)17-12-6-10-18-9-3-5-13(12)18/h12-13,16H,2-11H2,1H3,(H,17,19). The molecule has 0 aromatic rings. The number of piperidine rings is 1. The van der Waals surface area contributed by atoms with E-state index in [1.165, 1.54) is 25.9 Å². The molecule has 0 spiro atoms. The van der Waals surface area contributed by atoms with Gasteiger partial charge in [0.1, 0.15) is 0 Å². The number of rotatable bonds is 3. The van der Waals surface area contributed by atoms with E-state index in [1.807, 2.05) is 0 Å². The van der Waals surface area contributed by atoms with Crippen molar-refractivity contribution in [1.82, 2.24) is 15.5 Å². The Morgan fingerprint density at radius 3 is 3.00 bits per heavy atom. The molecular weight excluding hydrogens is 238 g/mol. The summed E-state index contributed by atoms with van der Waals surface area (Å²) in [6.45, 7) is 6.49. The van der Waals surface area contributed by atoms with E-state index in [1.54, 1.807) is 0 Å². The van der Waals surface area contributed by atoms with Crippen molar-refractivity contribution < 1.29 is 4.79 Å². The molecule has 3 saturated heterocycles. The second kappa shape index (κ2) is 5.41. The average molecular weight is 265 g/mol. The van der Waals surface area contributed by atoms with Crippen molar-refractivity contribution in [2.75, 3.05) is 26.2 Å². The van der Waals surface area contributed by atoms with Gasteiger partial charge in [-0.25, -0.2) is 0 Å². The summed E-state index contributed by atoms with van der Waals surface area (Å²) in [5.74, 6) is 0.306. The number of fused-ring (bicyclic) bond motifs is 1. The van der Waals surface area contributed by atoms with Crippen LogP contribution in [0.25, 0.3) is 0 Å². The van der Waals surface area contributed by atoms with Crippen molar-refractivity contribution in [3.63, 3.8) is 0 Å². The van der Waals surface area contributed by atoms with Crippen molar-refractivity contribution in [1.29, 1.82) is 0 Å². The number of nitrogens with zero attached hydrogens (tertiary/aromatic N) is 1. The van der Waals surface area contributed by atoms with Crippen LogP contribution in [0.3, 0.4) is 0 Å². The third kappa shape index (κ3) is 2.40. The smallest absolute Gasteiger partial charge is 0.227 e. The highest BCUT2D eigenvalue weighted by molar-refractivity contribution is 5.83. The number of nitrogens with one attached hydrogen (secondary N) is 2. The van der Waals surface area contributed by atoms with Gasteiger partial charge in [0, 0.05) is 25.2 Å². The number of hydrogen-bond donors (Lipinski definition) is 2. The molecule has 3 fully saturated rings. The lowest BCUT2D eigenvalue weighted by atomic mass is 9.77. The van der Waals surface area contributed by atoms with Crippen LogP contribution in [0.5, 0.6) is 0 Å². The van der Waals surface area contributed by atoms with Crippen molar-refractivity contribution in [2.24, 2.45) is 5.41 Å². The van der Waals surface area contributed by atoms with E-state index in [0.717, 1.165) is 38.8 Å². The fraction of sp³-hybridized carbons (Fsp3) is 0.933. The maximum Gasteiger partial charge on any atom is 0.227 e. The molecule has 3 unspecified atom stereocenters. The molecule has 3 aliphatic heterocycles. The Morgan fingerprint density at radius 2 is 2.26 bits per heavy atom. The Hall–Kier alpha value is -0.610. The van der Waals surface area contributed by atoms with Gasteiger partial charge in [-0.1, -0.05) is 6.92 Å². The summed E-state index contributed by atoms with van der Waals surface area (Å²) < 4.78 is 0. The van der Waals surface area contributed by atoms with Crippen LogP contribution >= 0.6 is 0 Å². The fourth-order valence-corrected chi connectivity index (χ4v) is 4.20. The normalized spacial score (nSPS) is 39.2. The highest BCUT2D eigenvalue weighted by Crippen LogP contribution is 2.33. The zero-order valence-electron chi connectivity index (χ0n) is 12.1. The first kappa shape index (κ1) is 13.4. The first-order chi connectivity index (χ1) is 9.25. The van der Waals surface area contributed by atoms with Gasteiger partial charge in [-0.15, -0.1) is 0 Å². The van der Waals surface area contributed by atoms with E-state index in [-0.39, 0.29) is 5.41 Å². The van der Waals surface area contributed by atoms with E-state index in [9.17, 15) is 4.79 Å². The van der Waals surface area contributed by atoms with Gasteiger partial charge in [0.15, 0.2) is 0 Å². The largest absolute Gasteiger partial charge is 0.351 e. The Morgan fingerprint density at radius 1 is 1.37 bits per heavy atom. The summed E-state index contributed by atoms with van der Waals surface area (Å²) >= 11 is 0. The molecule has 2 N–H and O–H groups in total. The molecule has 0 aromatic heterocycles. The highest BCUT2D eigenvalue weighted by atomic mass is 16.2. The second-order valence-corrected chi connectivity index (χ2v) is 6.53. The van der Waals surface area contributed by atoms with Crippen LogP contribution in [0.1, 0.15) is 45.4 Å². The second-order valence-electron chi connectivity index (χ2n) is 6.53. The SMILES string of the molecule is CCC1(C(=O)NC2CCN3CCCC23)CCCNC1. The molecule has 4 nitrogen and oxygen atoms in total. The Bertz CT molecular complexity index is 338. The predicted octanol–water partition coefficient (Wildman–Crippen LogP) is 1.12. The zero-order valence-corrected chi connectivity index (χ0v) is 12.1. The number of hydrogen-bond acceptors (Lipinski definition) is 3. The molecule has 3 atom stereocenters. The topological polar surface area (TPSA) is 44.4 Å². The fourth-order valence-electron chi connectivity index (χ4n) is 4.20. The van der Waals surface area contributed by atoms with Crippen LogP contribution in [-0.2, 0) is 4.79 Å². The van der Waals surface area contributed by atoms with Crippen LogP contribution in [0, 0.1) is 5.41 Å². The third-order valence-electron chi connectivity index (χ3n) is 5.55. The van der Waals surface area contributed by atoms with E-state index in [4.69, 9.17) is 0 Å². The van der Waals surface area contributed by atoms with Gasteiger partial charge < -0.3 is 10.6 Å². The van der Waals surface area contributed by atoms with Gasteiger partial charge in [-0.3, -0.25) is 9.69 Å². The minimum Gasteiger partial charge on any atom is -0.351 e. The number of carbonyl (C=O) groups is 1. The molecule has 0 radical (unpaired) electrons. The summed E-state index contributed by atoms with van der Waals surface area (Å²) in [6.07, 6.45) is 6.83. The highest BCUT2D eigenvalue weighted by Gasteiger charge is 2.42. The first-order valence-electron chi connectivity index (χ1n) is 8.01. The number of amides is 1. The van der Waals surface area contributed by atoms with E-state index < -0.39 is 0 Å². The third-order valence-corrected chi connectivity index (χ3v) is 5.55. The molecule has 3 rings (SSSR count). The summed E-state index contributed by atoms with van der Waals surface area (Å²) in [6, 6.07) is 1.02. The van der Waals surface area contributed by atoms with Gasteiger partial charge in [0.05, 0.1) is 5.41 Å². The molecule has 3 aliphatic rings. The summed E-state index contributed by atoms with van der Waals surface area (Å²) in [7, 11) is 0.